The molecule has 0 unspecified atom stereocenters. The summed E-state index contributed by atoms with van der Waals surface area (Å²) in [6.45, 7) is 3.19. The molecule has 1 N–H and O–H groups in total. The van der Waals surface area contributed by atoms with Crippen LogP contribution in [0.5, 0.6) is 5.75 Å². The zero-order valence-corrected chi connectivity index (χ0v) is 9.78. The van der Waals surface area contributed by atoms with E-state index in [0.29, 0.717) is 24.3 Å². The molecule has 1 aliphatic rings. The summed E-state index contributed by atoms with van der Waals surface area (Å²) in [5.74, 6) is -0.427. The zero-order chi connectivity index (χ0) is 12.4. The van der Waals surface area contributed by atoms with Gasteiger partial charge in [0, 0.05) is 19.3 Å². The Morgan fingerprint density at radius 2 is 2.35 bits per heavy atom. The first-order chi connectivity index (χ1) is 8.19. The molecule has 0 fully saturated rings. The van der Waals surface area contributed by atoms with Gasteiger partial charge in [-0.1, -0.05) is 0 Å². The van der Waals surface area contributed by atoms with Crippen LogP contribution >= 0.6 is 0 Å². The number of carbonyl (C=O) groups is 2. The number of fused-ring (bicyclic) bond motifs is 1. The topological polar surface area (TPSA) is 69.6 Å². The number of hydrogen-bond donors (Lipinski definition) is 1. The SMILES string of the molecule is CCOC(=O)c1cn2c(c1OC)C(=O)NCC2. The molecule has 92 valence electrons. The molecule has 2 heterocycles. The summed E-state index contributed by atoms with van der Waals surface area (Å²) in [5.41, 5.74) is 0.670. The minimum Gasteiger partial charge on any atom is -0.493 e. The normalized spacial score (nSPS) is 13.9. The molecule has 6 heteroatoms. The highest BCUT2D eigenvalue weighted by Crippen LogP contribution is 2.28. The lowest BCUT2D eigenvalue weighted by Gasteiger charge is -2.16. The zero-order valence-electron chi connectivity index (χ0n) is 9.78. The Balaban J connectivity index is 2.47. The fraction of sp³-hybridized carbons (Fsp3) is 0.455. The first-order valence-electron chi connectivity index (χ1n) is 5.41. The van der Waals surface area contributed by atoms with Gasteiger partial charge in [0.05, 0.1) is 13.7 Å². The third-order valence-electron chi connectivity index (χ3n) is 2.58. The number of aromatic nitrogens is 1. The largest absolute Gasteiger partial charge is 0.493 e. The number of nitrogens with zero attached hydrogens (tertiary/aromatic N) is 1. The summed E-state index contributed by atoms with van der Waals surface area (Å²) in [7, 11) is 1.43. The van der Waals surface area contributed by atoms with Crippen LogP contribution in [0.1, 0.15) is 27.8 Å². The molecule has 17 heavy (non-hydrogen) atoms. The van der Waals surface area contributed by atoms with Gasteiger partial charge in [-0.05, 0) is 6.92 Å². The van der Waals surface area contributed by atoms with E-state index in [-0.39, 0.29) is 18.3 Å². The highest BCUT2D eigenvalue weighted by molar-refractivity contribution is 6.02. The van der Waals surface area contributed by atoms with Crippen LogP contribution in [0.2, 0.25) is 0 Å². The van der Waals surface area contributed by atoms with Crippen LogP contribution in [0.25, 0.3) is 0 Å². The minimum absolute atomic E-state index is 0.233. The lowest BCUT2D eigenvalue weighted by molar-refractivity contribution is 0.0523. The second-order valence-corrected chi connectivity index (χ2v) is 3.59. The second-order valence-electron chi connectivity index (χ2n) is 3.59. The summed E-state index contributed by atoms with van der Waals surface area (Å²) in [5, 5.41) is 2.71. The van der Waals surface area contributed by atoms with Gasteiger partial charge in [-0.15, -0.1) is 0 Å². The van der Waals surface area contributed by atoms with Crippen LogP contribution in [0.3, 0.4) is 0 Å². The maximum atomic E-state index is 11.7. The van der Waals surface area contributed by atoms with E-state index >= 15 is 0 Å². The van der Waals surface area contributed by atoms with Gasteiger partial charge in [-0.25, -0.2) is 4.79 Å². The van der Waals surface area contributed by atoms with Gasteiger partial charge in [-0.2, -0.15) is 0 Å². The predicted molar refractivity (Wildman–Crippen MR) is 59.3 cm³/mol. The van der Waals surface area contributed by atoms with Crippen molar-refractivity contribution in [2.45, 2.75) is 13.5 Å². The standard InChI is InChI=1S/C11H14N2O4/c1-3-17-11(15)7-6-13-5-4-12-10(14)8(13)9(7)16-2/h6H,3-5H2,1-2H3,(H,12,14). The number of carbonyl (C=O) groups excluding carboxylic acids is 2. The van der Waals surface area contributed by atoms with Crippen LogP contribution in [0.4, 0.5) is 0 Å². The van der Waals surface area contributed by atoms with Crippen molar-refractivity contribution in [2.24, 2.45) is 0 Å². The molecule has 0 spiro atoms. The number of hydrogen-bond acceptors (Lipinski definition) is 4. The van der Waals surface area contributed by atoms with Gasteiger partial charge >= 0.3 is 5.97 Å². The van der Waals surface area contributed by atoms with Gasteiger partial charge in [0.1, 0.15) is 5.56 Å². The Kier molecular flexibility index (Phi) is 3.03. The van der Waals surface area contributed by atoms with Crippen molar-refractivity contribution in [2.75, 3.05) is 20.3 Å². The van der Waals surface area contributed by atoms with Crippen LogP contribution in [-0.2, 0) is 11.3 Å². The average Bonchev–Trinajstić information content (AvgIpc) is 2.69. The molecule has 0 radical (unpaired) electrons. The van der Waals surface area contributed by atoms with E-state index in [9.17, 15) is 9.59 Å². The molecular weight excluding hydrogens is 224 g/mol. The number of amides is 1. The van der Waals surface area contributed by atoms with Crippen molar-refractivity contribution in [1.82, 2.24) is 9.88 Å². The molecule has 0 saturated heterocycles. The Bertz CT molecular complexity index is 464. The number of esters is 1. The summed E-state index contributed by atoms with van der Waals surface area (Å²) in [6, 6.07) is 0. The molecular formula is C11H14N2O4. The van der Waals surface area contributed by atoms with Crippen molar-refractivity contribution in [3.63, 3.8) is 0 Å². The molecule has 0 aliphatic carbocycles. The van der Waals surface area contributed by atoms with Crippen LogP contribution < -0.4 is 10.1 Å². The highest BCUT2D eigenvalue weighted by Gasteiger charge is 2.28. The van der Waals surface area contributed by atoms with Crippen molar-refractivity contribution < 1.29 is 19.1 Å². The molecule has 2 rings (SSSR count). The maximum absolute atomic E-state index is 11.7. The summed E-state index contributed by atoms with van der Waals surface area (Å²) >= 11 is 0. The van der Waals surface area contributed by atoms with Crippen LogP contribution in [0, 0.1) is 0 Å². The lowest BCUT2D eigenvalue weighted by Crippen LogP contribution is -2.35. The molecule has 0 aromatic carbocycles. The molecule has 6 nitrogen and oxygen atoms in total. The van der Waals surface area contributed by atoms with E-state index in [0.717, 1.165) is 0 Å². The Hall–Kier alpha value is -1.98. The van der Waals surface area contributed by atoms with Gasteiger partial charge in [-0.3, -0.25) is 4.79 Å². The van der Waals surface area contributed by atoms with Gasteiger partial charge in [0.15, 0.2) is 11.4 Å². The van der Waals surface area contributed by atoms with Crippen LogP contribution in [-0.4, -0.2) is 36.7 Å². The number of methoxy groups -OCH3 is 1. The minimum atomic E-state index is -0.473. The first-order valence-corrected chi connectivity index (χ1v) is 5.41. The molecule has 1 aliphatic heterocycles. The fourth-order valence-corrected chi connectivity index (χ4v) is 1.88. The van der Waals surface area contributed by atoms with Gasteiger partial charge in [0.2, 0.25) is 0 Å². The maximum Gasteiger partial charge on any atom is 0.343 e. The second kappa shape index (κ2) is 4.48. The molecule has 1 aromatic rings. The summed E-state index contributed by atoms with van der Waals surface area (Å²) in [6.07, 6.45) is 1.60. The summed E-state index contributed by atoms with van der Waals surface area (Å²) < 4.78 is 11.8. The first kappa shape index (κ1) is 11.5. The van der Waals surface area contributed by atoms with Gasteiger partial charge < -0.3 is 19.4 Å². The van der Waals surface area contributed by atoms with Gasteiger partial charge in [0.25, 0.3) is 5.91 Å². The third-order valence-corrected chi connectivity index (χ3v) is 2.58. The van der Waals surface area contributed by atoms with Crippen molar-refractivity contribution in [3.8, 4) is 5.75 Å². The monoisotopic (exact) mass is 238 g/mol. The van der Waals surface area contributed by atoms with E-state index in [1.165, 1.54) is 7.11 Å². The van der Waals surface area contributed by atoms with E-state index in [1.807, 2.05) is 0 Å². The third kappa shape index (κ3) is 1.86. The fourth-order valence-electron chi connectivity index (χ4n) is 1.88. The van der Waals surface area contributed by atoms with Crippen LogP contribution in [0.15, 0.2) is 6.20 Å². The van der Waals surface area contributed by atoms with Crippen molar-refractivity contribution in [1.29, 1.82) is 0 Å². The Labute approximate surface area is 98.5 Å². The molecule has 0 atom stereocenters. The molecule has 0 saturated carbocycles. The lowest BCUT2D eigenvalue weighted by atomic mass is 10.2. The number of rotatable bonds is 3. The molecule has 1 amide bonds. The van der Waals surface area contributed by atoms with Crippen molar-refractivity contribution in [3.05, 3.63) is 17.5 Å². The van der Waals surface area contributed by atoms with E-state index in [4.69, 9.17) is 9.47 Å². The number of ether oxygens (including phenoxy) is 2. The van der Waals surface area contributed by atoms with Crippen molar-refractivity contribution >= 4 is 11.9 Å². The molecule has 0 bridgehead atoms. The number of nitrogens with one attached hydrogen (secondary N) is 1. The average molecular weight is 238 g/mol. The van der Waals surface area contributed by atoms with E-state index in [1.54, 1.807) is 17.7 Å². The highest BCUT2D eigenvalue weighted by atomic mass is 16.5. The summed E-state index contributed by atoms with van der Waals surface area (Å²) in [4.78, 5) is 23.4. The molecule has 1 aromatic heterocycles. The predicted octanol–water partition coefficient (Wildman–Crippen LogP) is 0.417. The Morgan fingerprint density at radius 1 is 1.59 bits per heavy atom. The van der Waals surface area contributed by atoms with E-state index in [2.05, 4.69) is 5.32 Å². The Morgan fingerprint density at radius 3 is 3.00 bits per heavy atom. The quantitative estimate of drug-likeness (QED) is 0.775. The van der Waals surface area contributed by atoms with E-state index < -0.39 is 5.97 Å². The smallest absolute Gasteiger partial charge is 0.343 e.